The number of hydrogen-bond acceptors (Lipinski definition) is 7. The Bertz CT molecular complexity index is 1140. The first-order chi connectivity index (χ1) is 15.9. The molecule has 0 aliphatic carbocycles. The molecule has 0 bridgehead atoms. The lowest BCUT2D eigenvalue weighted by Gasteiger charge is -2.15. The lowest BCUT2D eigenvalue weighted by Crippen LogP contribution is -2.09. The number of benzene rings is 3. The highest BCUT2D eigenvalue weighted by molar-refractivity contribution is 6.03. The van der Waals surface area contributed by atoms with E-state index in [0.29, 0.717) is 40.9 Å². The Kier molecular flexibility index (Phi) is 7.64. The van der Waals surface area contributed by atoms with Crippen molar-refractivity contribution in [2.75, 3.05) is 43.4 Å². The predicted octanol–water partition coefficient (Wildman–Crippen LogP) is 4.14. The van der Waals surface area contributed by atoms with Gasteiger partial charge in [-0.3, -0.25) is 4.79 Å². The van der Waals surface area contributed by atoms with Gasteiger partial charge in [-0.05, 0) is 35.4 Å². The summed E-state index contributed by atoms with van der Waals surface area (Å²) >= 11 is 0. The van der Waals surface area contributed by atoms with Gasteiger partial charge in [0.1, 0.15) is 0 Å². The molecule has 0 unspecified atom stereocenters. The van der Waals surface area contributed by atoms with Gasteiger partial charge in [-0.1, -0.05) is 24.3 Å². The summed E-state index contributed by atoms with van der Waals surface area (Å²) in [6.45, 7) is 0.488. The van der Waals surface area contributed by atoms with E-state index in [-0.39, 0.29) is 5.91 Å². The lowest BCUT2D eigenvalue weighted by molar-refractivity contribution is -0.111. The first-order valence-corrected chi connectivity index (χ1v) is 10.2. The van der Waals surface area contributed by atoms with Crippen LogP contribution in [0.25, 0.3) is 6.08 Å². The molecule has 0 spiro atoms. The van der Waals surface area contributed by atoms with Crippen LogP contribution in [-0.2, 0) is 11.3 Å². The number of carbonyl (C=O) groups excluding carboxylic acids is 1. The fourth-order valence-corrected chi connectivity index (χ4v) is 3.22. The number of amides is 1. The number of ether oxygens (including phenoxy) is 3. The first-order valence-electron chi connectivity index (χ1n) is 10.2. The molecule has 0 saturated heterocycles. The minimum atomic E-state index is -0.278. The summed E-state index contributed by atoms with van der Waals surface area (Å²) in [5, 5.41) is 6.07. The van der Waals surface area contributed by atoms with E-state index < -0.39 is 0 Å². The van der Waals surface area contributed by atoms with E-state index >= 15 is 0 Å². The number of methoxy groups -OCH3 is 3. The highest BCUT2D eigenvalue weighted by Crippen LogP contribution is 2.40. The minimum absolute atomic E-state index is 0.278. The fourth-order valence-electron chi connectivity index (χ4n) is 3.22. The standard InChI is InChI=1S/C25H28N4O4/c1-31-22-13-18(14-23(32-2)25(22)33-3)28-15-17-10-8-16(12-20(17)27)9-11-24(30)29-21-7-5-4-6-19(21)26/h4-14,28H,15,26-27H2,1-3H3,(H,29,30)/b11-9-. The maximum atomic E-state index is 12.2. The van der Waals surface area contributed by atoms with Crippen molar-refractivity contribution >= 4 is 34.7 Å². The second-order valence-electron chi connectivity index (χ2n) is 7.14. The normalized spacial score (nSPS) is 10.6. The van der Waals surface area contributed by atoms with Gasteiger partial charge in [-0.25, -0.2) is 0 Å². The van der Waals surface area contributed by atoms with E-state index in [1.54, 1.807) is 45.6 Å². The van der Waals surface area contributed by atoms with E-state index in [2.05, 4.69) is 10.6 Å². The van der Waals surface area contributed by atoms with Gasteiger partial charge in [0.25, 0.3) is 0 Å². The molecule has 0 heterocycles. The van der Waals surface area contributed by atoms with E-state index in [9.17, 15) is 4.79 Å². The van der Waals surface area contributed by atoms with Gasteiger partial charge in [0.05, 0.1) is 32.7 Å². The molecule has 0 saturated carbocycles. The zero-order valence-corrected chi connectivity index (χ0v) is 18.8. The van der Waals surface area contributed by atoms with Gasteiger partial charge in [-0.2, -0.15) is 0 Å². The zero-order chi connectivity index (χ0) is 23.8. The molecule has 33 heavy (non-hydrogen) atoms. The molecule has 0 fully saturated rings. The van der Waals surface area contributed by atoms with Gasteiger partial charge in [0.15, 0.2) is 11.5 Å². The molecule has 0 aromatic heterocycles. The van der Waals surface area contributed by atoms with Gasteiger partial charge in [-0.15, -0.1) is 0 Å². The highest BCUT2D eigenvalue weighted by Gasteiger charge is 2.13. The number of nitrogen functional groups attached to an aromatic ring is 2. The average Bonchev–Trinajstić information content (AvgIpc) is 2.82. The van der Waals surface area contributed by atoms with Crippen LogP contribution in [0.1, 0.15) is 11.1 Å². The Balaban J connectivity index is 1.66. The average molecular weight is 449 g/mol. The van der Waals surface area contributed by atoms with Crippen LogP contribution in [-0.4, -0.2) is 27.2 Å². The molecule has 172 valence electrons. The quantitative estimate of drug-likeness (QED) is 0.287. The molecule has 3 rings (SSSR count). The molecule has 3 aromatic carbocycles. The maximum absolute atomic E-state index is 12.2. The van der Waals surface area contributed by atoms with Crippen molar-refractivity contribution in [2.24, 2.45) is 0 Å². The number of para-hydroxylation sites is 2. The van der Waals surface area contributed by atoms with Crippen molar-refractivity contribution in [3.05, 3.63) is 71.8 Å². The molecule has 3 aromatic rings. The van der Waals surface area contributed by atoms with Gasteiger partial charge in [0.2, 0.25) is 11.7 Å². The van der Waals surface area contributed by atoms with Crippen LogP contribution in [0.5, 0.6) is 17.2 Å². The molecule has 0 atom stereocenters. The third-order valence-electron chi connectivity index (χ3n) is 4.96. The summed E-state index contributed by atoms with van der Waals surface area (Å²) < 4.78 is 16.1. The smallest absolute Gasteiger partial charge is 0.248 e. The Labute approximate surface area is 193 Å². The molecule has 0 aliphatic rings. The number of carbonyl (C=O) groups is 1. The Morgan fingerprint density at radius 3 is 2.21 bits per heavy atom. The summed E-state index contributed by atoms with van der Waals surface area (Å²) in [5.41, 5.74) is 16.3. The Morgan fingerprint density at radius 1 is 0.909 bits per heavy atom. The Hall–Kier alpha value is -4.33. The van der Waals surface area contributed by atoms with Crippen molar-refractivity contribution in [1.29, 1.82) is 0 Å². The first kappa shape index (κ1) is 23.3. The number of anilines is 4. The van der Waals surface area contributed by atoms with Crippen LogP contribution in [0.4, 0.5) is 22.7 Å². The third-order valence-corrected chi connectivity index (χ3v) is 4.96. The number of hydrogen-bond donors (Lipinski definition) is 4. The van der Waals surface area contributed by atoms with Crippen molar-refractivity contribution in [1.82, 2.24) is 0 Å². The van der Waals surface area contributed by atoms with Crippen molar-refractivity contribution < 1.29 is 19.0 Å². The second-order valence-corrected chi connectivity index (χ2v) is 7.14. The monoisotopic (exact) mass is 448 g/mol. The molecule has 8 nitrogen and oxygen atoms in total. The van der Waals surface area contributed by atoms with Crippen LogP contribution in [0.15, 0.2) is 60.7 Å². The van der Waals surface area contributed by atoms with Crippen LogP contribution in [0.3, 0.4) is 0 Å². The fraction of sp³-hybridized carbons (Fsp3) is 0.160. The topological polar surface area (TPSA) is 121 Å². The van der Waals surface area contributed by atoms with E-state index in [4.69, 9.17) is 25.7 Å². The summed E-state index contributed by atoms with van der Waals surface area (Å²) in [6.07, 6.45) is 3.14. The minimum Gasteiger partial charge on any atom is -0.493 e. The van der Waals surface area contributed by atoms with Crippen molar-refractivity contribution in [2.45, 2.75) is 6.54 Å². The van der Waals surface area contributed by atoms with Gasteiger partial charge < -0.3 is 36.3 Å². The molecule has 0 radical (unpaired) electrons. The SMILES string of the molecule is COc1cc(NCc2ccc(/C=C\C(=O)Nc3ccccc3N)cc2N)cc(OC)c1OC. The molecular formula is C25H28N4O4. The van der Waals surface area contributed by atoms with Gasteiger partial charge >= 0.3 is 0 Å². The van der Waals surface area contributed by atoms with E-state index in [0.717, 1.165) is 16.8 Å². The summed E-state index contributed by atoms with van der Waals surface area (Å²) in [5.74, 6) is 1.37. The second kappa shape index (κ2) is 10.8. The van der Waals surface area contributed by atoms with Crippen molar-refractivity contribution in [3.8, 4) is 17.2 Å². The summed E-state index contributed by atoms with van der Waals surface area (Å²) in [6, 6.07) is 16.4. The molecule has 6 N–H and O–H groups in total. The Morgan fingerprint density at radius 2 is 1.61 bits per heavy atom. The largest absolute Gasteiger partial charge is 0.493 e. The molecular weight excluding hydrogens is 420 g/mol. The van der Waals surface area contributed by atoms with Crippen LogP contribution >= 0.6 is 0 Å². The molecule has 0 aliphatic heterocycles. The predicted molar refractivity (Wildman–Crippen MR) is 133 cm³/mol. The van der Waals surface area contributed by atoms with Crippen molar-refractivity contribution in [3.63, 3.8) is 0 Å². The van der Waals surface area contributed by atoms with Crippen LogP contribution in [0, 0.1) is 0 Å². The summed E-state index contributed by atoms with van der Waals surface area (Å²) in [7, 11) is 4.70. The number of nitrogens with two attached hydrogens (primary N) is 2. The number of rotatable bonds is 9. The maximum Gasteiger partial charge on any atom is 0.248 e. The highest BCUT2D eigenvalue weighted by atomic mass is 16.5. The zero-order valence-electron chi connectivity index (χ0n) is 18.8. The molecule has 8 heteroatoms. The van der Waals surface area contributed by atoms with Crippen LogP contribution < -0.4 is 36.3 Å². The van der Waals surface area contributed by atoms with Crippen LogP contribution in [0.2, 0.25) is 0 Å². The third kappa shape index (κ3) is 5.88. The van der Waals surface area contributed by atoms with Gasteiger partial charge in [0, 0.05) is 36.1 Å². The molecule has 1 amide bonds. The number of nitrogens with one attached hydrogen (secondary N) is 2. The lowest BCUT2D eigenvalue weighted by atomic mass is 10.1. The van der Waals surface area contributed by atoms with E-state index in [1.165, 1.54) is 6.08 Å². The van der Waals surface area contributed by atoms with E-state index in [1.807, 2.05) is 36.4 Å². The summed E-state index contributed by atoms with van der Waals surface area (Å²) in [4.78, 5) is 12.2.